The predicted molar refractivity (Wildman–Crippen MR) is 138 cm³/mol. The Labute approximate surface area is 190 Å². The lowest BCUT2D eigenvalue weighted by molar-refractivity contribution is 0.537. The topological polar surface area (TPSA) is 12.0 Å². The molecule has 29 heavy (non-hydrogen) atoms. The maximum atomic E-state index is 3.60. The smallest absolute Gasteiger partial charge is 0.0751 e. The molecule has 0 atom stereocenters. The summed E-state index contributed by atoms with van der Waals surface area (Å²) in [6, 6.07) is 9.19. The molecule has 0 amide bonds. The first-order chi connectivity index (χ1) is 14.4. The highest BCUT2D eigenvalue weighted by molar-refractivity contribution is 8.16. The fraction of sp³-hybridized carbons (Fsp3) is 0.769. The van der Waals surface area contributed by atoms with Gasteiger partial charge in [-0.1, -0.05) is 103 Å². The number of hydrogen-bond acceptors (Lipinski definition) is 3. The van der Waals surface area contributed by atoms with E-state index in [1.165, 1.54) is 119 Å². The van der Waals surface area contributed by atoms with Crippen molar-refractivity contribution >= 4 is 29.2 Å². The minimum atomic E-state index is 0.656. The molecule has 0 unspecified atom stereocenters. The Morgan fingerprint density at radius 2 is 1.17 bits per heavy atom. The van der Waals surface area contributed by atoms with Gasteiger partial charge in [0.15, 0.2) is 0 Å². The van der Waals surface area contributed by atoms with Gasteiger partial charge in [0.05, 0.1) is 4.58 Å². The van der Waals surface area contributed by atoms with Crippen molar-refractivity contribution in [3.63, 3.8) is 0 Å². The number of rotatable bonds is 17. The number of hydrogen-bond donors (Lipinski definition) is 1. The molecule has 1 heterocycles. The Balaban J connectivity index is 1.36. The average molecular weight is 436 g/mol. The van der Waals surface area contributed by atoms with Gasteiger partial charge in [0.1, 0.15) is 0 Å². The second-order valence-corrected chi connectivity index (χ2v) is 11.3. The van der Waals surface area contributed by atoms with E-state index in [-0.39, 0.29) is 0 Å². The van der Waals surface area contributed by atoms with E-state index in [0.717, 1.165) is 6.54 Å². The van der Waals surface area contributed by atoms with Crippen LogP contribution in [0.2, 0.25) is 0 Å². The molecule has 1 aliphatic heterocycles. The van der Waals surface area contributed by atoms with Gasteiger partial charge in [-0.2, -0.15) is 0 Å². The van der Waals surface area contributed by atoms with Crippen LogP contribution in [0.4, 0.5) is 5.69 Å². The zero-order valence-electron chi connectivity index (χ0n) is 18.9. The van der Waals surface area contributed by atoms with E-state index >= 15 is 0 Å². The minimum absolute atomic E-state index is 0.656. The summed E-state index contributed by atoms with van der Waals surface area (Å²) in [4.78, 5) is 0. The molecule has 0 aromatic heterocycles. The molecule has 1 N–H and O–H groups in total. The molecule has 0 radical (unpaired) electrons. The van der Waals surface area contributed by atoms with Crippen LogP contribution in [-0.2, 0) is 0 Å². The Hall–Kier alpha value is -0.280. The zero-order chi connectivity index (χ0) is 20.4. The maximum Gasteiger partial charge on any atom is 0.0751 e. The molecule has 0 spiro atoms. The lowest BCUT2D eigenvalue weighted by Crippen LogP contribution is -2.03. The Kier molecular flexibility index (Phi) is 15.0. The third-order valence-electron chi connectivity index (χ3n) is 5.87. The average Bonchev–Trinajstić information content (AvgIpc) is 2.77. The van der Waals surface area contributed by atoms with Gasteiger partial charge in [-0.05, 0) is 42.0 Å². The van der Waals surface area contributed by atoms with E-state index in [1.54, 1.807) is 0 Å². The summed E-state index contributed by atoms with van der Waals surface area (Å²) in [6.45, 7) is 3.41. The van der Waals surface area contributed by atoms with Gasteiger partial charge in [0.2, 0.25) is 0 Å². The van der Waals surface area contributed by atoms with E-state index in [2.05, 4.69) is 60.0 Å². The van der Waals surface area contributed by atoms with E-state index < -0.39 is 0 Å². The summed E-state index contributed by atoms with van der Waals surface area (Å²) in [7, 11) is 0. The van der Waals surface area contributed by atoms with Crippen molar-refractivity contribution in [1.82, 2.24) is 0 Å². The van der Waals surface area contributed by atoms with Gasteiger partial charge in [0, 0.05) is 12.2 Å². The fourth-order valence-corrected chi connectivity index (χ4v) is 6.88. The Bertz CT molecular complexity index is 482. The molecule has 166 valence electrons. The van der Waals surface area contributed by atoms with Gasteiger partial charge in [-0.25, -0.2) is 0 Å². The number of thioether (sulfide) groups is 2. The SMILES string of the molecule is CCCCCCCCCCCCCCCCNc1ccc(C2SCCCS2)cc1. The first-order valence-electron chi connectivity index (χ1n) is 12.5. The van der Waals surface area contributed by atoms with E-state index in [1.807, 2.05) is 0 Å². The molecule has 1 aromatic rings. The van der Waals surface area contributed by atoms with E-state index in [0.29, 0.717) is 4.58 Å². The molecular weight excluding hydrogens is 390 g/mol. The van der Waals surface area contributed by atoms with Crippen molar-refractivity contribution in [3.8, 4) is 0 Å². The van der Waals surface area contributed by atoms with Crippen LogP contribution < -0.4 is 5.32 Å². The van der Waals surface area contributed by atoms with Crippen LogP contribution in [0.15, 0.2) is 24.3 Å². The zero-order valence-corrected chi connectivity index (χ0v) is 20.6. The monoisotopic (exact) mass is 435 g/mol. The third-order valence-corrected chi connectivity index (χ3v) is 8.88. The number of nitrogens with one attached hydrogen (secondary N) is 1. The summed E-state index contributed by atoms with van der Waals surface area (Å²) < 4.78 is 0.656. The van der Waals surface area contributed by atoms with Gasteiger partial charge in [0.25, 0.3) is 0 Å². The highest BCUT2D eigenvalue weighted by Gasteiger charge is 2.16. The van der Waals surface area contributed by atoms with Gasteiger partial charge < -0.3 is 5.32 Å². The van der Waals surface area contributed by atoms with E-state index in [4.69, 9.17) is 0 Å². The van der Waals surface area contributed by atoms with E-state index in [9.17, 15) is 0 Å². The standard InChI is InChI=1S/C26H45NS2/c1-2-3-4-5-6-7-8-9-10-11-12-13-14-15-21-27-25-19-17-24(18-20-25)26-28-22-16-23-29-26/h17-20,26-27H,2-16,21-23H2,1H3. The Morgan fingerprint density at radius 1 is 0.690 bits per heavy atom. The number of anilines is 1. The predicted octanol–water partition coefficient (Wildman–Crippen LogP) is 9.45. The molecule has 1 nitrogen and oxygen atoms in total. The van der Waals surface area contributed by atoms with Crippen LogP contribution in [0.25, 0.3) is 0 Å². The summed E-state index contributed by atoms with van der Waals surface area (Å²) in [5.74, 6) is 2.63. The lowest BCUT2D eigenvalue weighted by atomic mass is 10.0. The molecule has 0 aliphatic carbocycles. The van der Waals surface area contributed by atoms with Crippen molar-refractivity contribution in [2.24, 2.45) is 0 Å². The second-order valence-electron chi connectivity index (χ2n) is 8.57. The minimum Gasteiger partial charge on any atom is -0.385 e. The Morgan fingerprint density at radius 3 is 1.69 bits per heavy atom. The van der Waals surface area contributed by atoms with Crippen molar-refractivity contribution in [2.45, 2.75) is 108 Å². The fourth-order valence-electron chi connectivity index (χ4n) is 3.99. The summed E-state index contributed by atoms with van der Waals surface area (Å²) in [5, 5.41) is 3.60. The van der Waals surface area contributed by atoms with Gasteiger partial charge in [-0.15, -0.1) is 23.5 Å². The molecule has 0 saturated carbocycles. The molecule has 3 heteroatoms. The largest absolute Gasteiger partial charge is 0.385 e. The summed E-state index contributed by atoms with van der Waals surface area (Å²) in [5.41, 5.74) is 2.77. The highest BCUT2D eigenvalue weighted by atomic mass is 32.2. The third kappa shape index (κ3) is 12.2. The highest BCUT2D eigenvalue weighted by Crippen LogP contribution is 2.43. The van der Waals surface area contributed by atoms with Crippen LogP contribution in [0.1, 0.15) is 113 Å². The molecule has 1 fully saturated rings. The van der Waals surface area contributed by atoms with Crippen molar-refractivity contribution < 1.29 is 0 Å². The lowest BCUT2D eigenvalue weighted by Gasteiger charge is -2.21. The first kappa shape index (κ1) is 25.0. The second kappa shape index (κ2) is 17.4. The first-order valence-corrected chi connectivity index (χ1v) is 14.6. The van der Waals surface area contributed by atoms with Gasteiger partial charge >= 0.3 is 0 Å². The van der Waals surface area contributed by atoms with Crippen LogP contribution >= 0.6 is 23.5 Å². The van der Waals surface area contributed by atoms with Crippen molar-refractivity contribution in [3.05, 3.63) is 29.8 Å². The van der Waals surface area contributed by atoms with Crippen molar-refractivity contribution in [1.29, 1.82) is 0 Å². The molecule has 2 rings (SSSR count). The quantitative estimate of drug-likeness (QED) is 0.245. The maximum absolute atomic E-state index is 3.60. The van der Waals surface area contributed by atoms with Crippen LogP contribution in [0.5, 0.6) is 0 Å². The molecule has 1 aliphatic rings. The molecule has 1 saturated heterocycles. The molecular formula is C26H45NS2. The number of unbranched alkanes of at least 4 members (excludes halogenated alkanes) is 13. The van der Waals surface area contributed by atoms with Gasteiger partial charge in [-0.3, -0.25) is 0 Å². The molecule has 1 aromatic carbocycles. The van der Waals surface area contributed by atoms with Crippen molar-refractivity contribution in [2.75, 3.05) is 23.4 Å². The van der Waals surface area contributed by atoms with Crippen LogP contribution in [-0.4, -0.2) is 18.1 Å². The molecule has 0 bridgehead atoms. The summed E-state index contributed by atoms with van der Waals surface area (Å²) >= 11 is 4.21. The van der Waals surface area contributed by atoms with Crippen LogP contribution in [0, 0.1) is 0 Å². The summed E-state index contributed by atoms with van der Waals surface area (Å²) in [6.07, 6.45) is 21.4. The normalized spacial score (nSPS) is 14.9. The van der Waals surface area contributed by atoms with Crippen LogP contribution in [0.3, 0.4) is 0 Å². The number of benzene rings is 1.